The van der Waals surface area contributed by atoms with E-state index in [9.17, 15) is 0 Å². The molecular formula is C58H37N7S. The molecule has 0 N–H and O–H groups in total. The molecule has 66 heavy (non-hydrogen) atoms. The summed E-state index contributed by atoms with van der Waals surface area (Å²) in [4.78, 5) is 26.7. The third-order valence-corrected chi connectivity index (χ3v) is 17.0. The second kappa shape index (κ2) is 14.2. The van der Waals surface area contributed by atoms with Crippen LogP contribution in [0.15, 0.2) is 244 Å². The molecule has 5 heterocycles. The van der Waals surface area contributed by atoms with Crippen molar-refractivity contribution in [3.05, 3.63) is 224 Å². The Hall–Kier alpha value is -8.59. The zero-order valence-electron chi connectivity index (χ0n) is 35.4. The monoisotopic (exact) mass is 863 g/mol. The van der Waals surface area contributed by atoms with Crippen molar-refractivity contribution >= 4 is 59.7 Å². The van der Waals surface area contributed by atoms with Crippen molar-refractivity contribution in [1.29, 1.82) is 0 Å². The van der Waals surface area contributed by atoms with Gasteiger partial charge in [0.1, 0.15) is 0 Å². The number of hydrogen-bond acceptors (Lipinski definition) is 4. The molecule has 1 aliphatic rings. The number of fused-ring (bicyclic) bond motifs is 20. The predicted octanol–water partition coefficient (Wildman–Crippen LogP) is 14.4. The van der Waals surface area contributed by atoms with Crippen LogP contribution in [0.25, 0.3) is 95.2 Å². The van der Waals surface area contributed by atoms with Gasteiger partial charge < -0.3 is 0 Å². The fraction of sp³-hybridized carbons (Fsp3) is 0. The molecular weight excluding hydrogens is 827 g/mol. The molecule has 13 aromatic rings. The van der Waals surface area contributed by atoms with Crippen LogP contribution in [0.1, 0.15) is 0 Å². The Kier molecular flexibility index (Phi) is 7.93. The summed E-state index contributed by atoms with van der Waals surface area (Å²) >= 11 is 0. The van der Waals surface area contributed by atoms with Crippen LogP contribution in [0, 0.1) is 0 Å². The largest absolute Gasteiger partial charge is 0.278 e. The number of hydrogen-bond donors (Lipinski definition) is 0. The smallest absolute Gasteiger partial charge is 0.242 e. The van der Waals surface area contributed by atoms with Crippen molar-refractivity contribution in [3.63, 3.8) is 0 Å². The van der Waals surface area contributed by atoms with Gasteiger partial charge in [-0.25, -0.2) is 9.55 Å². The molecule has 8 heteroatoms. The van der Waals surface area contributed by atoms with Gasteiger partial charge in [-0.15, -0.1) is 10.0 Å². The third-order valence-electron chi connectivity index (χ3n) is 13.2. The van der Waals surface area contributed by atoms with Gasteiger partial charge in [0.25, 0.3) is 0 Å². The highest BCUT2D eigenvalue weighted by Crippen LogP contribution is 2.74. The normalized spacial score (nSPS) is 13.5. The van der Waals surface area contributed by atoms with E-state index in [1.165, 1.54) is 19.6 Å². The number of aromatic nitrogens is 7. The fourth-order valence-corrected chi connectivity index (χ4v) is 14.3. The van der Waals surface area contributed by atoms with Crippen molar-refractivity contribution in [1.82, 2.24) is 33.5 Å². The fourth-order valence-electron chi connectivity index (χ4n) is 10.3. The predicted molar refractivity (Wildman–Crippen MR) is 267 cm³/mol. The van der Waals surface area contributed by atoms with Gasteiger partial charge in [-0.05, 0) is 107 Å². The molecule has 9 aromatic carbocycles. The molecule has 0 unspecified atom stereocenters. The van der Waals surface area contributed by atoms with E-state index in [1.54, 1.807) is 0 Å². The quantitative estimate of drug-likeness (QED) is 0.177. The summed E-state index contributed by atoms with van der Waals surface area (Å²) in [6.45, 7) is 0. The van der Waals surface area contributed by atoms with Gasteiger partial charge in [-0.2, -0.15) is 15.0 Å². The average Bonchev–Trinajstić information content (AvgIpc) is 4.04. The topological polar surface area (TPSA) is 65.8 Å². The lowest BCUT2D eigenvalue weighted by Gasteiger charge is -2.42. The van der Waals surface area contributed by atoms with Gasteiger partial charge in [0.05, 0.1) is 33.1 Å². The minimum Gasteiger partial charge on any atom is -0.278 e. The van der Waals surface area contributed by atoms with Crippen LogP contribution >= 0.6 is 10.0 Å². The number of nitrogens with zero attached hydrogens (tertiary/aromatic N) is 7. The molecule has 0 atom stereocenters. The first kappa shape index (κ1) is 36.8. The van der Waals surface area contributed by atoms with Crippen LogP contribution in [-0.4, -0.2) is 33.5 Å². The highest BCUT2D eigenvalue weighted by atomic mass is 32.3. The summed E-state index contributed by atoms with van der Waals surface area (Å²) in [5.41, 5.74) is 11.3. The molecule has 0 saturated carbocycles. The first-order valence-corrected chi connectivity index (χ1v) is 23.8. The van der Waals surface area contributed by atoms with E-state index in [0.717, 1.165) is 77.5 Å². The molecule has 7 nitrogen and oxygen atoms in total. The summed E-state index contributed by atoms with van der Waals surface area (Å²) in [6, 6.07) is 81.0. The molecule has 0 amide bonds. The van der Waals surface area contributed by atoms with Crippen LogP contribution in [-0.2, 0) is 0 Å². The van der Waals surface area contributed by atoms with E-state index in [-0.39, 0.29) is 0 Å². The Morgan fingerprint density at radius 3 is 1.50 bits per heavy atom. The zero-order valence-corrected chi connectivity index (χ0v) is 36.2. The van der Waals surface area contributed by atoms with E-state index >= 15 is 0 Å². The second-order valence-corrected chi connectivity index (χ2v) is 19.9. The van der Waals surface area contributed by atoms with Crippen molar-refractivity contribution in [2.75, 3.05) is 0 Å². The Morgan fingerprint density at radius 2 is 0.833 bits per heavy atom. The lowest BCUT2D eigenvalue weighted by molar-refractivity contribution is 0.884. The van der Waals surface area contributed by atoms with Crippen LogP contribution in [0.4, 0.5) is 0 Å². The summed E-state index contributed by atoms with van der Waals surface area (Å²) in [7, 11) is -2.12. The molecule has 0 spiro atoms. The van der Waals surface area contributed by atoms with Crippen LogP contribution in [0.2, 0.25) is 0 Å². The van der Waals surface area contributed by atoms with Crippen molar-refractivity contribution < 1.29 is 0 Å². The van der Waals surface area contributed by atoms with Crippen LogP contribution < -0.4 is 0 Å². The van der Waals surface area contributed by atoms with Crippen molar-refractivity contribution in [3.8, 4) is 45.5 Å². The van der Waals surface area contributed by atoms with Gasteiger partial charge in [-0.1, -0.05) is 140 Å². The molecule has 0 aliphatic carbocycles. The first-order valence-electron chi connectivity index (χ1n) is 22.1. The average molecular weight is 864 g/mol. The first-order chi connectivity index (χ1) is 32.7. The van der Waals surface area contributed by atoms with Gasteiger partial charge in [0.15, 0.2) is 5.82 Å². The Labute approximate surface area is 380 Å². The highest BCUT2D eigenvalue weighted by Gasteiger charge is 2.34. The van der Waals surface area contributed by atoms with E-state index in [1.807, 2.05) is 6.07 Å². The Balaban J connectivity index is 1.17. The molecule has 1 aliphatic heterocycles. The van der Waals surface area contributed by atoms with Crippen LogP contribution in [0.5, 0.6) is 0 Å². The van der Waals surface area contributed by atoms with E-state index < -0.39 is 10.0 Å². The summed E-state index contributed by atoms with van der Waals surface area (Å²) in [6.07, 6.45) is 0. The standard InChI is InChI=1S/C58H37N7S/c1-3-19-41(20-4-1)66(42-21-5-2-6-22-42)43-23-15-17-38(35-43)45-25-7-8-26-46(45)39-33-34-53-54(37-39)65(58-59-49-29-11-14-32-52(49)64(53)58)57-61-55(40-18-16-24-44(66)36-40)60-56(62-57)63-50-30-12-9-27-47(50)48-28-10-13-31-51(48)63/h1-37H. The molecule has 310 valence electrons. The minimum absolute atomic E-state index is 0.477. The molecule has 8 bridgehead atoms. The summed E-state index contributed by atoms with van der Waals surface area (Å²) in [5.74, 6) is 2.28. The molecule has 0 fully saturated rings. The third kappa shape index (κ3) is 5.27. The molecule has 0 saturated heterocycles. The maximum absolute atomic E-state index is 5.52. The van der Waals surface area contributed by atoms with Gasteiger partial charge in [-0.3, -0.25) is 8.97 Å². The maximum Gasteiger partial charge on any atom is 0.242 e. The van der Waals surface area contributed by atoms with Crippen LogP contribution in [0.3, 0.4) is 0 Å². The number of rotatable bonds is 3. The van der Waals surface area contributed by atoms with Gasteiger partial charge in [0, 0.05) is 35.9 Å². The molecule has 4 aromatic heterocycles. The number of benzene rings is 9. The Morgan fingerprint density at radius 1 is 0.318 bits per heavy atom. The highest BCUT2D eigenvalue weighted by molar-refractivity contribution is 8.34. The second-order valence-electron chi connectivity index (χ2n) is 16.7. The SMILES string of the molecule is c1ccc(S2(c3ccccc3)c3cccc(c3)-c3nc(-n4c5ccccc5c5ccccc54)nc(n3)-n3c4cc(ccc4n4c5ccccc5nc34)-c3ccccc3-c3cccc2c3)cc1. The number of para-hydroxylation sites is 4. The lowest BCUT2D eigenvalue weighted by atomic mass is 9.94. The van der Waals surface area contributed by atoms with E-state index in [0.29, 0.717) is 17.7 Å². The molecule has 0 radical (unpaired) electrons. The summed E-state index contributed by atoms with van der Waals surface area (Å²) < 4.78 is 6.55. The van der Waals surface area contributed by atoms with E-state index in [4.69, 9.17) is 19.9 Å². The van der Waals surface area contributed by atoms with Crippen molar-refractivity contribution in [2.24, 2.45) is 0 Å². The Bertz CT molecular complexity index is 3980. The van der Waals surface area contributed by atoms with Gasteiger partial charge >= 0.3 is 0 Å². The maximum atomic E-state index is 5.52. The number of imidazole rings is 2. The van der Waals surface area contributed by atoms with E-state index in [2.05, 4.69) is 232 Å². The lowest BCUT2D eigenvalue weighted by Crippen LogP contribution is -2.11. The molecule has 14 rings (SSSR count). The minimum atomic E-state index is -2.12. The van der Waals surface area contributed by atoms with Gasteiger partial charge in [0.2, 0.25) is 17.7 Å². The van der Waals surface area contributed by atoms with Crippen molar-refractivity contribution in [2.45, 2.75) is 19.6 Å². The summed E-state index contributed by atoms with van der Waals surface area (Å²) in [5, 5.41) is 2.26. The zero-order chi connectivity index (χ0) is 43.3.